The normalized spacial score (nSPS) is 16.6. The zero-order valence-corrected chi connectivity index (χ0v) is 11.6. The highest BCUT2D eigenvalue weighted by Gasteiger charge is 2.20. The standard InChI is InChI=1S/C14H21N5/c1-11(2)10-18-3-5-19(6-4-18)14-13(16)7-12(8-15)9-17-14/h7,9,11H,3-6,10,16H2,1-2H3. The van der Waals surface area contributed by atoms with E-state index in [-0.39, 0.29) is 0 Å². The summed E-state index contributed by atoms with van der Waals surface area (Å²) in [4.78, 5) is 8.99. The monoisotopic (exact) mass is 259 g/mol. The van der Waals surface area contributed by atoms with Gasteiger partial charge in [0.1, 0.15) is 6.07 Å². The van der Waals surface area contributed by atoms with Crippen molar-refractivity contribution in [2.24, 2.45) is 5.92 Å². The molecule has 0 aromatic carbocycles. The summed E-state index contributed by atoms with van der Waals surface area (Å²) in [7, 11) is 0. The fraction of sp³-hybridized carbons (Fsp3) is 0.571. The largest absolute Gasteiger partial charge is 0.396 e. The summed E-state index contributed by atoms with van der Waals surface area (Å²) in [5.74, 6) is 1.51. The average molecular weight is 259 g/mol. The van der Waals surface area contributed by atoms with E-state index in [1.54, 1.807) is 12.3 Å². The first-order valence-corrected chi connectivity index (χ1v) is 6.73. The third-order valence-corrected chi connectivity index (χ3v) is 3.32. The van der Waals surface area contributed by atoms with Crippen molar-refractivity contribution < 1.29 is 0 Å². The van der Waals surface area contributed by atoms with Crippen LogP contribution in [0.4, 0.5) is 11.5 Å². The zero-order chi connectivity index (χ0) is 13.8. The van der Waals surface area contributed by atoms with Gasteiger partial charge in [-0.05, 0) is 12.0 Å². The van der Waals surface area contributed by atoms with Crippen LogP contribution in [0.15, 0.2) is 12.3 Å². The smallest absolute Gasteiger partial charge is 0.151 e. The van der Waals surface area contributed by atoms with Crippen molar-refractivity contribution in [3.8, 4) is 6.07 Å². The maximum atomic E-state index is 8.82. The van der Waals surface area contributed by atoms with Gasteiger partial charge in [0.15, 0.2) is 5.82 Å². The lowest BCUT2D eigenvalue weighted by Crippen LogP contribution is -2.47. The lowest BCUT2D eigenvalue weighted by Gasteiger charge is -2.36. The Kier molecular flexibility index (Phi) is 4.23. The van der Waals surface area contributed by atoms with E-state index in [1.165, 1.54) is 0 Å². The Bertz CT molecular complexity index is 469. The molecule has 0 saturated carbocycles. The maximum absolute atomic E-state index is 8.82. The molecule has 0 radical (unpaired) electrons. The van der Waals surface area contributed by atoms with Crippen molar-refractivity contribution in [2.45, 2.75) is 13.8 Å². The first kappa shape index (κ1) is 13.6. The molecule has 102 valence electrons. The summed E-state index contributed by atoms with van der Waals surface area (Å²) in [5.41, 5.74) is 7.08. The molecule has 0 spiro atoms. The third kappa shape index (κ3) is 3.36. The van der Waals surface area contributed by atoms with Gasteiger partial charge in [-0.25, -0.2) is 4.98 Å². The molecule has 1 fully saturated rings. The zero-order valence-electron chi connectivity index (χ0n) is 11.6. The Morgan fingerprint density at radius 1 is 1.37 bits per heavy atom. The van der Waals surface area contributed by atoms with Crippen LogP contribution in [0.5, 0.6) is 0 Å². The van der Waals surface area contributed by atoms with E-state index in [0.29, 0.717) is 17.2 Å². The molecule has 0 unspecified atom stereocenters. The predicted molar refractivity (Wildman–Crippen MR) is 76.9 cm³/mol. The molecule has 19 heavy (non-hydrogen) atoms. The molecule has 1 aliphatic rings. The number of nitriles is 1. The number of aromatic nitrogens is 1. The second-order valence-corrected chi connectivity index (χ2v) is 5.43. The summed E-state index contributed by atoms with van der Waals surface area (Å²) >= 11 is 0. The van der Waals surface area contributed by atoms with Gasteiger partial charge in [0.05, 0.1) is 11.3 Å². The van der Waals surface area contributed by atoms with Crippen molar-refractivity contribution in [1.82, 2.24) is 9.88 Å². The number of hydrogen-bond acceptors (Lipinski definition) is 5. The van der Waals surface area contributed by atoms with Crippen LogP contribution in [0, 0.1) is 17.2 Å². The molecular weight excluding hydrogens is 238 g/mol. The number of rotatable bonds is 3. The van der Waals surface area contributed by atoms with E-state index in [9.17, 15) is 0 Å². The van der Waals surface area contributed by atoms with Crippen molar-refractivity contribution in [1.29, 1.82) is 5.26 Å². The quantitative estimate of drug-likeness (QED) is 0.886. The number of nitrogens with zero attached hydrogens (tertiary/aromatic N) is 4. The number of anilines is 2. The molecule has 1 aliphatic heterocycles. The molecule has 0 atom stereocenters. The molecule has 1 aromatic heterocycles. The fourth-order valence-electron chi connectivity index (χ4n) is 2.46. The Morgan fingerprint density at radius 3 is 2.58 bits per heavy atom. The van der Waals surface area contributed by atoms with Gasteiger partial charge in [-0.2, -0.15) is 5.26 Å². The maximum Gasteiger partial charge on any atom is 0.151 e. The van der Waals surface area contributed by atoms with E-state index in [2.05, 4.69) is 34.7 Å². The average Bonchev–Trinajstić information content (AvgIpc) is 2.39. The molecule has 1 aromatic rings. The van der Waals surface area contributed by atoms with Gasteiger partial charge in [0.25, 0.3) is 0 Å². The summed E-state index contributed by atoms with van der Waals surface area (Å²) < 4.78 is 0. The number of piperazine rings is 1. The molecule has 2 N–H and O–H groups in total. The van der Waals surface area contributed by atoms with Gasteiger partial charge in [0, 0.05) is 38.9 Å². The molecule has 5 heteroatoms. The highest BCUT2D eigenvalue weighted by Crippen LogP contribution is 2.22. The summed E-state index contributed by atoms with van der Waals surface area (Å²) in [6, 6.07) is 3.75. The van der Waals surface area contributed by atoms with E-state index < -0.39 is 0 Å². The molecule has 2 rings (SSSR count). The van der Waals surface area contributed by atoms with Gasteiger partial charge >= 0.3 is 0 Å². The highest BCUT2D eigenvalue weighted by molar-refractivity contribution is 5.64. The lowest BCUT2D eigenvalue weighted by atomic mass is 10.2. The van der Waals surface area contributed by atoms with Crippen LogP contribution in [0.2, 0.25) is 0 Å². The van der Waals surface area contributed by atoms with Crippen molar-refractivity contribution >= 4 is 11.5 Å². The third-order valence-electron chi connectivity index (χ3n) is 3.32. The molecule has 2 heterocycles. The van der Waals surface area contributed by atoms with E-state index in [4.69, 9.17) is 11.0 Å². The van der Waals surface area contributed by atoms with Gasteiger partial charge in [-0.3, -0.25) is 4.90 Å². The van der Waals surface area contributed by atoms with Crippen LogP contribution in [-0.2, 0) is 0 Å². The number of nitrogens with two attached hydrogens (primary N) is 1. The Hall–Kier alpha value is -1.80. The second kappa shape index (κ2) is 5.89. The Morgan fingerprint density at radius 2 is 2.05 bits per heavy atom. The summed E-state index contributed by atoms with van der Waals surface area (Å²) in [5, 5.41) is 8.82. The van der Waals surface area contributed by atoms with Crippen LogP contribution in [-0.4, -0.2) is 42.6 Å². The Labute approximate surface area is 114 Å². The van der Waals surface area contributed by atoms with Gasteiger partial charge in [0.2, 0.25) is 0 Å². The molecular formula is C14H21N5. The van der Waals surface area contributed by atoms with Crippen LogP contribution >= 0.6 is 0 Å². The van der Waals surface area contributed by atoms with Crippen molar-refractivity contribution in [3.05, 3.63) is 17.8 Å². The molecule has 0 amide bonds. The van der Waals surface area contributed by atoms with Crippen LogP contribution in [0.25, 0.3) is 0 Å². The highest BCUT2D eigenvalue weighted by atomic mass is 15.3. The van der Waals surface area contributed by atoms with Crippen LogP contribution in [0.3, 0.4) is 0 Å². The number of pyridine rings is 1. The molecule has 0 bridgehead atoms. The Balaban J connectivity index is 2.00. The van der Waals surface area contributed by atoms with Crippen LogP contribution < -0.4 is 10.6 Å². The van der Waals surface area contributed by atoms with E-state index >= 15 is 0 Å². The van der Waals surface area contributed by atoms with Crippen LogP contribution in [0.1, 0.15) is 19.4 Å². The van der Waals surface area contributed by atoms with Gasteiger partial charge in [-0.15, -0.1) is 0 Å². The minimum Gasteiger partial charge on any atom is -0.396 e. The minimum absolute atomic E-state index is 0.514. The summed E-state index contributed by atoms with van der Waals surface area (Å²) in [6.45, 7) is 9.59. The van der Waals surface area contributed by atoms with E-state index in [1.807, 2.05) is 0 Å². The van der Waals surface area contributed by atoms with Gasteiger partial charge < -0.3 is 10.6 Å². The van der Waals surface area contributed by atoms with Crippen molar-refractivity contribution in [3.63, 3.8) is 0 Å². The second-order valence-electron chi connectivity index (χ2n) is 5.43. The fourth-order valence-corrected chi connectivity index (χ4v) is 2.46. The lowest BCUT2D eigenvalue weighted by molar-refractivity contribution is 0.231. The molecule has 0 aliphatic carbocycles. The number of nitrogen functional groups attached to an aromatic ring is 1. The van der Waals surface area contributed by atoms with Gasteiger partial charge in [-0.1, -0.05) is 13.8 Å². The predicted octanol–water partition coefficient (Wildman–Crippen LogP) is 1.31. The minimum atomic E-state index is 0.514. The first-order valence-electron chi connectivity index (χ1n) is 6.73. The molecule has 5 nitrogen and oxygen atoms in total. The number of hydrogen-bond donors (Lipinski definition) is 1. The van der Waals surface area contributed by atoms with Crippen molar-refractivity contribution in [2.75, 3.05) is 43.4 Å². The topological polar surface area (TPSA) is 69.2 Å². The SMILES string of the molecule is CC(C)CN1CCN(c2ncc(C#N)cc2N)CC1. The molecule has 1 saturated heterocycles. The van der Waals surface area contributed by atoms with E-state index in [0.717, 1.165) is 38.5 Å². The first-order chi connectivity index (χ1) is 9.10. The summed E-state index contributed by atoms with van der Waals surface area (Å²) in [6.07, 6.45) is 1.59.